The van der Waals surface area contributed by atoms with Gasteiger partial charge in [-0.2, -0.15) is 0 Å². The highest BCUT2D eigenvalue weighted by atomic mass is 19.1. The van der Waals surface area contributed by atoms with Crippen LogP contribution in [0.15, 0.2) is 42.6 Å². The largest absolute Gasteiger partial charge is 0.355 e. The molecule has 114 valence electrons. The number of anilines is 1. The molecule has 2 rings (SSSR count). The van der Waals surface area contributed by atoms with Crippen LogP contribution in [-0.4, -0.2) is 23.8 Å². The van der Waals surface area contributed by atoms with Gasteiger partial charge in [-0.05, 0) is 36.8 Å². The number of benzene rings is 1. The van der Waals surface area contributed by atoms with Gasteiger partial charge >= 0.3 is 0 Å². The zero-order chi connectivity index (χ0) is 16.1. The molecular formula is C16H16FN3O2. The van der Waals surface area contributed by atoms with Gasteiger partial charge in [-0.15, -0.1) is 0 Å². The summed E-state index contributed by atoms with van der Waals surface area (Å²) in [5, 5.41) is 5.12. The first-order valence-corrected chi connectivity index (χ1v) is 6.75. The highest BCUT2D eigenvalue weighted by Gasteiger charge is 2.16. The Bertz CT molecular complexity index is 686. The predicted molar refractivity (Wildman–Crippen MR) is 81.1 cm³/mol. The Kier molecular flexibility index (Phi) is 4.83. The first kappa shape index (κ1) is 15.6. The number of halogens is 1. The molecular weight excluding hydrogens is 285 g/mol. The van der Waals surface area contributed by atoms with Crippen LogP contribution < -0.4 is 10.6 Å². The molecule has 0 saturated heterocycles. The zero-order valence-electron chi connectivity index (χ0n) is 12.3. The predicted octanol–water partition coefficient (Wildman–Crippen LogP) is 2.32. The molecule has 0 saturated carbocycles. The van der Waals surface area contributed by atoms with Gasteiger partial charge in [0.05, 0.1) is 11.5 Å². The molecule has 5 nitrogen and oxygen atoms in total. The van der Waals surface area contributed by atoms with E-state index in [1.165, 1.54) is 25.4 Å². The van der Waals surface area contributed by atoms with Gasteiger partial charge in [0.25, 0.3) is 5.91 Å². The second kappa shape index (κ2) is 6.80. The van der Waals surface area contributed by atoms with Crippen molar-refractivity contribution in [1.29, 1.82) is 0 Å². The van der Waals surface area contributed by atoms with Crippen molar-refractivity contribution < 1.29 is 14.0 Å². The highest BCUT2D eigenvalue weighted by molar-refractivity contribution is 5.96. The lowest BCUT2D eigenvalue weighted by molar-refractivity contribution is -0.117. The monoisotopic (exact) mass is 301 g/mol. The van der Waals surface area contributed by atoms with Crippen molar-refractivity contribution in [2.45, 2.75) is 12.8 Å². The molecule has 0 aliphatic carbocycles. The van der Waals surface area contributed by atoms with E-state index in [1.807, 2.05) is 0 Å². The molecule has 0 spiro atoms. The van der Waals surface area contributed by atoms with E-state index < -0.39 is 5.92 Å². The summed E-state index contributed by atoms with van der Waals surface area (Å²) in [6, 6.07) is 9.01. The molecule has 6 heteroatoms. The smallest absolute Gasteiger partial charge is 0.252 e. The van der Waals surface area contributed by atoms with Crippen LogP contribution in [0.3, 0.4) is 0 Å². The van der Waals surface area contributed by atoms with Crippen molar-refractivity contribution in [3.05, 3.63) is 59.5 Å². The molecule has 2 N–H and O–H groups in total. The summed E-state index contributed by atoms with van der Waals surface area (Å²) in [4.78, 5) is 27.6. The van der Waals surface area contributed by atoms with Crippen LogP contribution in [-0.2, 0) is 4.79 Å². The van der Waals surface area contributed by atoms with E-state index in [1.54, 1.807) is 31.2 Å². The van der Waals surface area contributed by atoms with Gasteiger partial charge < -0.3 is 10.6 Å². The molecule has 1 unspecified atom stereocenters. The van der Waals surface area contributed by atoms with E-state index in [0.29, 0.717) is 16.9 Å². The fourth-order valence-electron chi connectivity index (χ4n) is 1.91. The molecule has 0 aliphatic heterocycles. The summed E-state index contributed by atoms with van der Waals surface area (Å²) in [6.45, 7) is 1.68. The molecule has 0 aliphatic rings. The normalized spacial score (nSPS) is 11.6. The maximum absolute atomic E-state index is 13.2. The third-order valence-corrected chi connectivity index (χ3v) is 3.25. The van der Waals surface area contributed by atoms with Crippen LogP contribution in [0.1, 0.15) is 28.8 Å². The summed E-state index contributed by atoms with van der Waals surface area (Å²) in [5.41, 5.74) is 0.984. The fourth-order valence-corrected chi connectivity index (χ4v) is 1.91. The molecule has 0 radical (unpaired) electrons. The van der Waals surface area contributed by atoms with Crippen LogP contribution in [0.5, 0.6) is 0 Å². The number of amides is 2. The van der Waals surface area contributed by atoms with Gasteiger partial charge in [0.2, 0.25) is 5.91 Å². The lowest BCUT2D eigenvalue weighted by Crippen LogP contribution is -2.20. The third kappa shape index (κ3) is 3.66. The van der Waals surface area contributed by atoms with E-state index >= 15 is 0 Å². The SMILES string of the molecule is CNC(=O)c1ccc(NC(=O)C(C)c2cccc(F)c2)nc1. The van der Waals surface area contributed by atoms with E-state index in [-0.39, 0.29) is 17.6 Å². The summed E-state index contributed by atoms with van der Waals surface area (Å²) in [7, 11) is 1.53. The van der Waals surface area contributed by atoms with Gasteiger partial charge in [0, 0.05) is 13.2 Å². The number of nitrogens with zero attached hydrogens (tertiary/aromatic N) is 1. The second-order valence-electron chi connectivity index (χ2n) is 4.78. The average Bonchev–Trinajstić information content (AvgIpc) is 2.54. The van der Waals surface area contributed by atoms with E-state index in [9.17, 15) is 14.0 Å². The number of hydrogen-bond donors (Lipinski definition) is 2. The van der Waals surface area contributed by atoms with Crippen LogP contribution in [0.25, 0.3) is 0 Å². The summed E-state index contributed by atoms with van der Waals surface area (Å²) >= 11 is 0. The number of carbonyl (C=O) groups excluding carboxylic acids is 2. The molecule has 0 fully saturated rings. The standard InChI is InChI=1S/C16H16FN3O2/c1-10(11-4-3-5-13(17)8-11)15(21)20-14-7-6-12(9-19-14)16(22)18-2/h3-10H,1-2H3,(H,18,22)(H,19,20,21). The Morgan fingerprint density at radius 1 is 1.23 bits per heavy atom. The number of carbonyl (C=O) groups is 2. The Labute approximate surface area is 127 Å². The van der Waals surface area contributed by atoms with Crippen molar-refractivity contribution in [1.82, 2.24) is 10.3 Å². The summed E-state index contributed by atoms with van der Waals surface area (Å²) in [6.07, 6.45) is 1.38. The number of aromatic nitrogens is 1. The lowest BCUT2D eigenvalue weighted by Gasteiger charge is -2.12. The maximum Gasteiger partial charge on any atom is 0.252 e. The van der Waals surface area contributed by atoms with Gasteiger partial charge in [-0.3, -0.25) is 9.59 Å². The van der Waals surface area contributed by atoms with Crippen LogP contribution >= 0.6 is 0 Å². The van der Waals surface area contributed by atoms with E-state index in [2.05, 4.69) is 15.6 Å². The number of nitrogens with one attached hydrogen (secondary N) is 2. The molecule has 1 aromatic carbocycles. The van der Waals surface area contributed by atoms with Crippen molar-refractivity contribution in [2.75, 3.05) is 12.4 Å². The Morgan fingerprint density at radius 3 is 2.59 bits per heavy atom. The Hall–Kier alpha value is -2.76. The average molecular weight is 301 g/mol. The molecule has 0 bridgehead atoms. The molecule has 1 heterocycles. The highest BCUT2D eigenvalue weighted by Crippen LogP contribution is 2.18. The van der Waals surface area contributed by atoms with Gasteiger partial charge in [0.15, 0.2) is 0 Å². The van der Waals surface area contributed by atoms with Crippen LogP contribution in [0.2, 0.25) is 0 Å². The molecule has 2 amide bonds. The van der Waals surface area contributed by atoms with Crippen molar-refractivity contribution in [3.8, 4) is 0 Å². The quantitative estimate of drug-likeness (QED) is 0.910. The van der Waals surface area contributed by atoms with Crippen LogP contribution in [0, 0.1) is 5.82 Å². The molecule has 2 aromatic rings. The van der Waals surface area contributed by atoms with Crippen LogP contribution in [0.4, 0.5) is 10.2 Å². The third-order valence-electron chi connectivity index (χ3n) is 3.25. The minimum atomic E-state index is -0.517. The topological polar surface area (TPSA) is 71.1 Å². The Morgan fingerprint density at radius 2 is 2.00 bits per heavy atom. The van der Waals surface area contributed by atoms with E-state index in [4.69, 9.17) is 0 Å². The second-order valence-corrected chi connectivity index (χ2v) is 4.78. The minimum Gasteiger partial charge on any atom is -0.355 e. The van der Waals surface area contributed by atoms with Crippen molar-refractivity contribution in [3.63, 3.8) is 0 Å². The molecule has 1 atom stereocenters. The first-order chi connectivity index (χ1) is 10.5. The number of pyridine rings is 1. The van der Waals surface area contributed by atoms with E-state index in [0.717, 1.165) is 0 Å². The fraction of sp³-hybridized carbons (Fsp3) is 0.188. The zero-order valence-corrected chi connectivity index (χ0v) is 12.3. The number of rotatable bonds is 4. The summed E-state index contributed by atoms with van der Waals surface area (Å²) in [5.74, 6) is -1.12. The minimum absolute atomic E-state index is 0.251. The van der Waals surface area contributed by atoms with Gasteiger partial charge in [-0.1, -0.05) is 12.1 Å². The number of hydrogen-bond acceptors (Lipinski definition) is 3. The van der Waals surface area contributed by atoms with Gasteiger partial charge in [0.1, 0.15) is 11.6 Å². The molecule has 22 heavy (non-hydrogen) atoms. The lowest BCUT2D eigenvalue weighted by atomic mass is 10.0. The molecule has 1 aromatic heterocycles. The van der Waals surface area contributed by atoms with Crippen molar-refractivity contribution >= 4 is 17.6 Å². The first-order valence-electron chi connectivity index (χ1n) is 6.75. The van der Waals surface area contributed by atoms with Crippen molar-refractivity contribution in [2.24, 2.45) is 0 Å². The Balaban J connectivity index is 2.06. The van der Waals surface area contributed by atoms with Gasteiger partial charge in [-0.25, -0.2) is 9.37 Å². The summed E-state index contributed by atoms with van der Waals surface area (Å²) < 4.78 is 13.2. The maximum atomic E-state index is 13.2.